The van der Waals surface area contributed by atoms with E-state index in [0.29, 0.717) is 0 Å². The van der Waals surface area contributed by atoms with Crippen molar-refractivity contribution in [1.82, 2.24) is 15.0 Å². The third-order valence-corrected chi connectivity index (χ3v) is 5.19. The fourth-order valence-electron chi connectivity index (χ4n) is 2.58. The van der Waals surface area contributed by atoms with Crippen molar-refractivity contribution in [2.45, 2.75) is 63.1 Å². The van der Waals surface area contributed by atoms with Crippen molar-refractivity contribution in [3.8, 4) is 0 Å². The van der Waals surface area contributed by atoms with Gasteiger partial charge < -0.3 is 5.32 Å². The lowest BCUT2D eigenvalue weighted by Gasteiger charge is -2.22. The van der Waals surface area contributed by atoms with E-state index in [9.17, 15) is 8.42 Å². The lowest BCUT2D eigenvalue weighted by atomic mass is 9.96. The van der Waals surface area contributed by atoms with Crippen molar-refractivity contribution in [3.63, 3.8) is 0 Å². The van der Waals surface area contributed by atoms with E-state index in [1.54, 1.807) is 12.3 Å². The Hall–Kier alpha value is -0.980. The third-order valence-electron chi connectivity index (χ3n) is 3.76. The number of aromatic nitrogens is 1. The highest BCUT2D eigenvalue weighted by Crippen LogP contribution is 2.19. The number of pyridine rings is 1. The number of nitrogens with zero attached hydrogens (tertiary/aromatic N) is 1. The monoisotopic (exact) mass is 311 g/mol. The van der Waals surface area contributed by atoms with Gasteiger partial charge in [0.05, 0.1) is 0 Å². The third kappa shape index (κ3) is 5.05. The number of rotatable bonds is 7. The number of nitrogens with one attached hydrogen (secondary N) is 2. The van der Waals surface area contributed by atoms with Gasteiger partial charge in [0.1, 0.15) is 0 Å². The van der Waals surface area contributed by atoms with Crippen LogP contribution in [-0.2, 0) is 16.6 Å². The summed E-state index contributed by atoms with van der Waals surface area (Å²) in [7, 11) is -3.48. The molecule has 0 bridgehead atoms. The second-order valence-corrected chi connectivity index (χ2v) is 7.30. The van der Waals surface area contributed by atoms with E-state index in [1.165, 1.54) is 6.42 Å². The van der Waals surface area contributed by atoms with Crippen LogP contribution in [0.4, 0.5) is 0 Å². The molecule has 0 spiro atoms. The maximum Gasteiger partial charge on any atom is 0.258 e. The summed E-state index contributed by atoms with van der Waals surface area (Å²) < 4.78 is 27.3. The normalized spacial score (nSPS) is 17.0. The Morgan fingerprint density at radius 1 is 1.24 bits per heavy atom. The Kier molecular flexibility index (Phi) is 6.14. The molecular weight excluding hydrogens is 286 g/mol. The molecule has 1 aliphatic rings. The Balaban J connectivity index is 1.95. The molecule has 6 heteroatoms. The zero-order valence-electron chi connectivity index (χ0n) is 12.6. The first-order chi connectivity index (χ1) is 10.1. The molecule has 0 atom stereocenters. The van der Waals surface area contributed by atoms with E-state index in [2.05, 4.69) is 21.9 Å². The van der Waals surface area contributed by atoms with Crippen molar-refractivity contribution in [2.75, 3.05) is 6.54 Å². The standard InChI is InChI=1S/C15H25N3O2S/c1-2-10-16-11-13-8-9-15(17-12-13)21(19,20)18-14-6-4-3-5-7-14/h8-9,12,14,16,18H,2-7,10-11H2,1H3. The van der Waals surface area contributed by atoms with Crippen LogP contribution in [-0.4, -0.2) is 26.0 Å². The molecule has 1 saturated carbocycles. The van der Waals surface area contributed by atoms with Crippen LogP contribution in [0.3, 0.4) is 0 Å². The molecule has 0 unspecified atom stereocenters. The molecule has 21 heavy (non-hydrogen) atoms. The first kappa shape index (κ1) is 16.4. The summed E-state index contributed by atoms with van der Waals surface area (Å²) in [6.45, 7) is 3.78. The van der Waals surface area contributed by atoms with E-state index in [0.717, 1.165) is 50.8 Å². The van der Waals surface area contributed by atoms with Gasteiger partial charge in [-0.3, -0.25) is 0 Å². The maximum absolute atomic E-state index is 12.3. The van der Waals surface area contributed by atoms with Gasteiger partial charge >= 0.3 is 0 Å². The number of hydrogen-bond acceptors (Lipinski definition) is 4. The SMILES string of the molecule is CCCNCc1ccc(S(=O)(=O)NC2CCCCC2)nc1. The smallest absolute Gasteiger partial charge is 0.258 e. The molecule has 1 aliphatic carbocycles. The zero-order valence-corrected chi connectivity index (χ0v) is 13.5. The van der Waals surface area contributed by atoms with Gasteiger partial charge in [0.25, 0.3) is 10.0 Å². The predicted octanol–water partition coefficient (Wildman–Crippen LogP) is 2.19. The Bertz CT molecular complexity index is 522. The van der Waals surface area contributed by atoms with Gasteiger partial charge in [0.15, 0.2) is 5.03 Å². The van der Waals surface area contributed by atoms with Crippen LogP contribution in [0.2, 0.25) is 0 Å². The lowest BCUT2D eigenvalue weighted by molar-refractivity contribution is 0.411. The molecule has 1 heterocycles. The van der Waals surface area contributed by atoms with E-state index >= 15 is 0 Å². The quantitative estimate of drug-likeness (QED) is 0.757. The minimum atomic E-state index is -3.48. The van der Waals surface area contributed by atoms with Gasteiger partial charge in [0, 0.05) is 18.8 Å². The van der Waals surface area contributed by atoms with Crippen molar-refractivity contribution in [1.29, 1.82) is 0 Å². The summed E-state index contributed by atoms with van der Waals surface area (Å²) in [4.78, 5) is 4.10. The van der Waals surface area contributed by atoms with E-state index in [4.69, 9.17) is 0 Å². The first-order valence-corrected chi connectivity index (χ1v) is 9.28. The average molecular weight is 311 g/mol. The summed E-state index contributed by atoms with van der Waals surface area (Å²) in [5.74, 6) is 0. The van der Waals surface area contributed by atoms with Gasteiger partial charge in [-0.1, -0.05) is 32.3 Å². The van der Waals surface area contributed by atoms with Crippen LogP contribution in [0.1, 0.15) is 51.0 Å². The zero-order chi connectivity index (χ0) is 15.1. The molecule has 1 fully saturated rings. The van der Waals surface area contributed by atoms with Gasteiger partial charge in [-0.2, -0.15) is 0 Å². The second kappa shape index (κ2) is 7.87. The predicted molar refractivity (Wildman–Crippen MR) is 83.4 cm³/mol. The first-order valence-electron chi connectivity index (χ1n) is 7.80. The van der Waals surface area contributed by atoms with Gasteiger partial charge in [-0.15, -0.1) is 0 Å². The Morgan fingerprint density at radius 2 is 2.00 bits per heavy atom. The summed E-state index contributed by atoms with van der Waals surface area (Å²) >= 11 is 0. The van der Waals surface area contributed by atoms with Crippen LogP contribution in [0, 0.1) is 0 Å². The van der Waals surface area contributed by atoms with E-state index in [-0.39, 0.29) is 11.1 Å². The highest BCUT2D eigenvalue weighted by molar-refractivity contribution is 7.89. The molecule has 2 rings (SSSR count). The summed E-state index contributed by atoms with van der Waals surface area (Å²) in [5, 5.41) is 3.39. The minimum Gasteiger partial charge on any atom is -0.313 e. The average Bonchev–Trinajstić information content (AvgIpc) is 2.49. The topological polar surface area (TPSA) is 71.1 Å². The fourth-order valence-corrected chi connectivity index (χ4v) is 3.82. The Labute approximate surface area is 127 Å². The van der Waals surface area contributed by atoms with Crippen LogP contribution in [0.15, 0.2) is 23.4 Å². The molecule has 0 radical (unpaired) electrons. The second-order valence-electron chi connectivity index (χ2n) is 5.64. The molecule has 2 N–H and O–H groups in total. The molecule has 5 nitrogen and oxygen atoms in total. The fraction of sp³-hybridized carbons (Fsp3) is 0.667. The highest BCUT2D eigenvalue weighted by atomic mass is 32.2. The molecule has 1 aromatic heterocycles. The highest BCUT2D eigenvalue weighted by Gasteiger charge is 2.22. The van der Waals surface area contributed by atoms with Crippen LogP contribution >= 0.6 is 0 Å². The van der Waals surface area contributed by atoms with Gasteiger partial charge in [0.2, 0.25) is 0 Å². The number of hydrogen-bond donors (Lipinski definition) is 2. The summed E-state index contributed by atoms with van der Waals surface area (Å²) in [6, 6.07) is 3.48. The van der Waals surface area contributed by atoms with Crippen molar-refractivity contribution in [2.24, 2.45) is 0 Å². The molecule has 118 valence electrons. The summed E-state index contributed by atoms with van der Waals surface area (Å²) in [5.41, 5.74) is 1.00. The van der Waals surface area contributed by atoms with Gasteiger partial charge in [-0.05, 0) is 37.4 Å². The number of sulfonamides is 1. The van der Waals surface area contributed by atoms with Crippen LogP contribution in [0.5, 0.6) is 0 Å². The van der Waals surface area contributed by atoms with Crippen LogP contribution in [0.25, 0.3) is 0 Å². The molecule has 0 saturated heterocycles. The van der Waals surface area contributed by atoms with Crippen molar-refractivity contribution >= 4 is 10.0 Å². The molecular formula is C15H25N3O2S. The molecule has 0 amide bonds. The van der Waals surface area contributed by atoms with Gasteiger partial charge in [-0.25, -0.2) is 18.1 Å². The largest absolute Gasteiger partial charge is 0.313 e. The molecule has 0 aromatic carbocycles. The van der Waals surface area contributed by atoms with Crippen LogP contribution < -0.4 is 10.0 Å². The minimum absolute atomic E-state index is 0.0662. The van der Waals surface area contributed by atoms with Crippen molar-refractivity contribution < 1.29 is 8.42 Å². The van der Waals surface area contributed by atoms with E-state index < -0.39 is 10.0 Å². The maximum atomic E-state index is 12.3. The Morgan fingerprint density at radius 3 is 2.62 bits per heavy atom. The molecule has 1 aromatic rings. The summed E-state index contributed by atoms with van der Waals surface area (Å²) in [6.07, 6.45) is 7.97. The lowest BCUT2D eigenvalue weighted by Crippen LogP contribution is -2.36. The van der Waals surface area contributed by atoms with E-state index in [1.807, 2.05) is 6.07 Å². The molecule has 0 aliphatic heterocycles. The van der Waals surface area contributed by atoms with Crippen molar-refractivity contribution in [3.05, 3.63) is 23.9 Å².